The van der Waals surface area contributed by atoms with E-state index in [1.165, 1.54) is 5.56 Å². The van der Waals surface area contributed by atoms with Gasteiger partial charge in [-0.1, -0.05) is 43.6 Å². The highest BCUT2D eigenvalue weighted by Gasteiger charge is 2.05. The molecule has 0 aliphatic heterocycles. The third-order valence-corrected chi connectivity index (χ3v) is 3.42. The number of hydrogen-bond acceptors (Lipinski definition) is 1. The molecule has 1 N–H and O–H groups in total. The monoisotopic (exact) mass is 239 g/mol. The van der Waals surface area contributed by atoms with E-state index in [0.29, 0.717) is 12.0 Å². The molecule has 1 atom stereocenters. The second kappa shape index (κ2) is 6.93. The molecular formula is C14H22ClN. The molecule has 16 heavy (non-hydrogen) atoms. The first-order chi connectivity index (χ1) is 7.61. The Balaban J connectivity index is 2.24. The van der Waals surface area contributed by atoms with Gasteiger partial charge in [0.05, 0.1) is 0 Å². The highest BCUT2D eigenvalue weighted by molar-refractivity contribution is 6.31. The van der Waals surface area contributed by atoms with Crippen LogP contribution in [-0.4, -0.2) is 12.6 Å². The Labute approximate surface area is 104 Å². The van der Waals surface area contributed by atoms with Gasteiger partial charge < -0.3 is 5.32 Å². The van der Waals surface area contributed by atoms with Crippen molar-refractivity contribution in [2.45, 2.75) is 39.7 Å². The van der Waals surface area contributed by atoms with Gasteiger partial charge >= 0.3 is 0 Å². The zero-order valence-electron chi connectivity index (χ0n) is 10.5. The molecule has 0 aliphatic carbocycles. The van der Waals surface area contributed by atoms with Crippen molar-refractivity contribution in [2.75, 3.05) is 6.54 Å². The Hall–Kier alpha value is -0.530. The first-order valence-electron chi connectivity index (χ1n) is 6.08. The average Bonchev–Trinajstić information content (AvgIpc) is 2.26. The van der Waals surface area contributed by atoms with E-state index in [9.17, 15) is 0 Å². The van der Waals surface area contributed by atoms with Crippen molar-refractivity contribution in [3.63, 3.8) is 0 Å². The van der Waals surface area contributed by atoms with Gasteiger partial charge in [-0.05, 0) is 43.9 Å². The van der Waals surface area contributed by atoms with Crippen LogP contribution in [0.3, 0.4) is 0 Å². The van der Waals surface area contributed by atoms with Crippen LogP contribution in [0, 0.1) is 5.92 Å². The third kappa shape index (κ3) is 4.54. The van der Waals surface area contributed by atoms with Gasteiger partial charge in [-0.2, -0.15) is 0 Å². The Morgan fingerprint density at radius 2 is 1.88 bits per heavy atom. The topological polar surface area (TPSA) is 12.0 Å². The fraction of sp³-hybridized carbons (Fsp3) is 0.571. The summed E-state index contributed by atoms with van der Waals surface area (Å²) >= 11 is 6.10. The Morgan fingerprint density at radius 3 is 2.50 bits per heavy atom. The third-order valence-electron chi connectivity index (χ3n) is 3.05. The van der Waals surface area contributed by atoms with Crippen molar-refractivity contribution in [1.82, 2.24) is 5.32 Å². The van der Waals surface area contributed by atoms with Crippen LogP contribution < -0.4 is 5.32 Å². The van der Waals surface area contributed by atoms with Crippen LogP contribution in [0.5, 0.6) is 0 Å². The summed E-state index contributed by atoms with van der Waals surface area (Å²) in [7, 11) is 0. The van der Waals surface area contributed by atoms with Gasteiger partial charge in [-0.25, -0.2) is 0 Å². The summed E-state index contributed by atoms with van der Waals surface area (Å²) in [5.74, 6) is 0.695. The second-order valence-corrected chi connectivity index (χ2v) is 5.09. The summed E-state index contributed by atoms with van der Waals surface area (Å²) in [4.78, 5) is 0. The summed E-state index contributed by atoms with van der Waals surface area (Å²) in [5, 5.41) is 4.42. The number of aryl methyl sites for hydroxylation is 1. The molecule has 2 heteroatoms. The number of nitrogens with one attached hydrogen (secondary N) is 1. The predicted octanol–water partition coefficient (Wildman–Crippen LogP) is 3.91. The predicted molar refractivity (Wildman–Crippen MR) is 72.1 cm³/mol. The van der Waals surface area contributed by atoms with Crippen molar-refractivity contribution in [3.05, 3.63) is 34.9 Å². The van der Waals surface area contributed by atoms with E-state index < -0.39 is 0 Å². The Morgan fingerprint density at radius 1 is 1.19 bits per heavy atom. The van der Waals surface area contributed by atoms with Crippen LogP contribution in [0.4, 0.5) is 0 Å². The quantitative estimate of drug-likeness (QED) is 0.743. The van der Waals surface area contributed by atoms with Gasteiger partial charge in [0, 0.05) is 11.1 Å². The van der Waals surface area contributed by atoms with Gasteiger partial charge in [0.1, 0.15) is 0 Å². The van der Waals surface area contributed by atoms with E-state index in [1.807, 2.05) is 18.2 Å². The van der Waals surface area contributed by atoms with Gasteiger partial charge in [0.2, 0.25) is 0 Å². The van der Waals surface area contributed by atoms with E-state index in [0.717, 1.165) is 24.4 Å². The van der Waals surface area contributed by atoms with Crippen LogP contribution in [-0.2, 0) is 6.42 Å². The minimum absolute atomic E-state index is 0.589. The number of halogens is 1. The molecule has 1 unspecified atom stereocenters. The Kier molecular flexibility index (Phi) is 5.86. The largest absolute Gasteiger partial charge is 0.314 e. The number of hydrogen-bond donors (Lipinski definition) is 1. The maximum Gasteiger partial charge on any atom is 0.0437 e. The van der Waals surface area contributed by atoms with Crippen molar-refractivity contribution in [3.8, 4) is 0 Å². The molecule has 0 aliphatic rings. The van der Waals surface area contributed by atoms with Crippen molar-refractivity contribution >= 4 is 11.6 Å². The summed E-state index contributed by atoms with van der Waals surface area (Å²) in [6.07, 6.45) is 2.19. The highest BCUT2D eigenvalue weighted by Crippen LogP contribution is 2.16. The lowest BCUT2D eigenvalue weighted by Crippen LogP contribution is -2.31. The van der Waals surface area contributed by atoms with Crippen molar-refractivity contribution < 1.29 is 0 Å². The van der Waals surface area contributed by atoms with Crippen molar-refractivity contribution in [2.24, 2.45) is 5.92 Å². The van der Waals surface area contributed by atoms with E-state index in [1.54, 1.807) is 0 Å². The highest BCUT2D eigenvalue weighted by atomic mass is 35.5. The fourth-order valence-corrected chi connectivity index (χ4v) is 1.78. The van der Waals surface area contributed by atoms with Crippen molar-refractivity contribution in [1.29, 1.82) is 0 Å². The van der Waals surface area contributed by atoms with Crippen LogP contribution >= 0.6 is 11.6 Å². The molecule has 1 nitrogen and oxygen atoms in total. The zero-order valence-corrected chi connectivity index (χ0v) is 11.2. The normalized spacial score (nSPS) is 13.1. The second-order valence-electron chi connectivity index (χ2n) is 4.68. The SMILES string of the molecule is CC(C)C(C)NCCCc1ccccc1Cl. The van der Waals surface area contributed by atoms with Gasteiger partial charge in [0.15, 0.2) is 0 Å². The summed E-state index contributed by atoms with van der Waals surface area (Å²) in [6, 6.07) is 8.68. The molecule has 0 spiro atoms. The molecule has 1 rings (SSSR count). The van der Waals surface area contributed by atoms with Crippen LogP contribution in [0.25, 0.3) is 0 Å². The summed E-state index contributed by atoms with van der Waals surface area (Å²) < 4.78 is 0. The van der Waals surface area contributed by atoms with E-state index in [-0.39, 0.29) is 0 Å². The maximum atomic E-state index is 6.10. The van der Waals surface area contributed by atoms with Crippen LogP contribution in [0.1, 0.15) is 32.8 Å². The lowest BCUT2D eigenvalue weighted by molar-refractivity contribution is 0.424. The standard InChI is InChI=1S/C14H22ClN/c1-11(2)12(3)16-10-6-8-13-7-4-5-9-14(13)15/h4-5,7,9,11-12,16H,6,8,10H2,1-3H3. The molecule has 90 valence electrons. The molecule has 0 amide bonds. The molecule has 1 aromatic rings. The average molecular weight is 240 g/mol. The van der Waals surface area contributed by atoms with Gasteiger partial charge in [0.25, 0.3) is 0 Å². The molecule has 0 saturated carbocycles. The molecule has 1 aromatic carbocycles. The minimum Gasteiger partial charge on any atom is -0.314 e. The molecular weight excluding hydrogens is 218 g/mol. The van der Waals surface area contributed by atoms with Gasteiger partial charge in [-0.3, -0.25) is 0 Å². The Bertz CT molecular complexity index is 309. The van der Waals surface area contributed by atoms with E-state index in [4.69, 9.17) is 11.6 Å². The molecule has 0 radical (unpaired) electrons. The minimum atomic E-state index is 0.589. The number of benzene rings is 1. The zero-order chi connectivity index (χ0) is 12.0. The molecule has 0 saturated heterocycles. The molecule has 0 aromatic heterocycles. The smallest absolute Gasteiger partial charge is 0.0437 e. The van der Waals surface area contributed by atoms with Crippen LogP contribution in [0.2, 0.25) is 5.02 Å². The molecule has 0 fully saturated rings. The number of rotatable bonds is 6. The summed E-state index contributed by atoms with van der Waals surface area (Å²) in [5.41, 5.74) is 1.25. The summed E-state index contributed by atoms with van der Waals surface area (Å²) in [6.45, 7) is 7.78. The maximum absolute atomic E-state index is 6.10. The molecule has 0 heterocycles. The lowest BCUT2D eigenvalue weighted by Gasteiger charge is -2.17. The lowest BCUT2D eigenvalue weighted by atomic mass is 10.1. The van der Waals surface area contributed by atoms with E-state index >= 15 is 0 Å². The van der Waals surface area contributed by atoms with Gasteiger partial charge in [-0.15, -0.1) is 0 Å². The van der Waals surface area contributed by atoms with Crippen LogP contribution in [0.15, 0.2) is 24.3 Å². The fourth-order valence-electron chi connectivity index (χ4n) is 1.55. The molecule has 0 bridgehead atoms. The van der Waals surface area contributed by atoms with E-state index in [2.05, 4.69) is 32.2 Å². The first-order valence-corrected chi connectivity index (χ1v) is 6.46. The first kappa shape index (κ1) is 13.5.